The molecule has 0 heterocycles. The number of rotatable bonds is 3. The molecule has 0 unspecified atom stereocenters. The van der Waals surface area contributed by atoms with Crippen molar-refractivity contribution in [3.8, 4) is 0 Å². The van der Waals surface area contributed by atoms with Crippen molar-refractivity contribution in [2.75, 3.05) is 21.2 Å². The fraction of sp³-hybridized carbons (Fsp3) is 0.556. The lowest BCUT2D eigenvalue weighted by Gasteiger charge is -2.17. The first-order valence-corrected chi connectivity index (χ1v) is 5.78. The van der Waals surface area contributed by atoms with Gasteiger partial charge in [-0.3, -0.25) is 0 Å². The van der Waals surface area contributed by atoms with Crippen LogP contribution >= 0.6 is 0 Å². The number of hydrogen-bond donors (Lipinski definition) is 0. The van der Waals surface area contributed by atoms with Crippen molar-refractivity contribution in [1.29, 1.82) is 0 Å². The molecule has 1 aliphatic carbocycles. The van der Waals surface area contributed by atoms with E-state index in [1.54, 1.807) is 19.3 Å². The molecule has 1 aliphatic rings. The van der Waals surface area contributed by atoms with E-state index < -0.39 is 10.0 Å². The molecule has 0 saturated carbocycles. The first-order valence-electron chi connectivity index (χ1n) is 4.34. The van der Waals surface area contributed by atoms with E-state index in [4.69, 9.17) is 4.74 Å². The lowest BCUT2D eigenvalue weighted by atomic mass is 10.2. The highest BCUT2D eigenvalue weighted by Gasteiger charge is 2.22. The van der Waals surface area contributed by atoms with Crippen molar-refractivity contribution in [1.82, 2.24) is 4.31 Å². The molecule has 0 amide bonds. The molecule has 0 saturated heterocycles. The second-order valence-corrected chi connectivity index (χ2v) is 5.46. The van der Waals surface area contributed by atoms with Gasteiger partial charge < -0.3 is 4.74 Å². The zero-order chi connectivity index (χ0) is 10.8. The van der Waals surface area contributed by atoms with Crippen LogP contribution in [0.2, 0.25) is 0 Å². The Bertz CT molecular complexity index is 366. The Morgan fingerprint density at radius 3 is 2.29 bits per heavy atom. The molecule has 0 aliphatic heterocycles. The van der Waals surface area contributed by atoms with E-state index in [0.29, 0.717) is 17.7 Å². The highest BCUT2D eigenvalue weighted by Crippen LogP contribution is 2.23. The molecule has 0 spiro atoms. The van der Waals surface area contributed by atoms with E-state index in [1.165, 1.54) is 18.4 Å². The van der Waals surface area contributed by atoms with Crippen LogP contribution in [-0.2, 0) is 14.8 Å². The molecule has 0 N–H and O–H groups in total. The van der Waals surface area contributed by atoms with Gasteiger partial charge in [-0.15, -0.1) is 0 Å². The van der Waals surface area contributed by atoms with Crippen LogP contribution in [0.1, 0.15) is 12.8 Å². The quantitative estimate of drug-likeness (QED) is 0.711. The van der Waals surface area contributed by atoms with E-state index in [9.17, 15) is 8.42 Å². The zero-order valence-corrected chi connectivity index (χ0v) is 9.47. The largest absolute Gasteiger partial charge is 0.501 e. The summed E-state index contributed by atoms with van der Waals surface area (Å²) < 4.78 is 29.6. The SMILES string of the molecule is COC1=CC=C(S(=O)(=O)N(C)C)CC1. The predicted molar refractivity (Wildman–Crippen MR) is 55.0 cm³/mol. The van der Waals surface area contributed by atoms with Gasteiger partial charge in [-0.25, -0.2) is 12.7 Å². The minimum Gasteiger partial charge on any atom is -0.501 e. The topological polar surface area (TPSA) is 46.6 Å². The van der Waals surface area contributed by atoms with Crippen LogP contribution < -0.4 is 0 Å². The summed E-state index contributed by atoms with van der Waals surface area (Å²) >= 11 is 0. The molecule has 0 aromatic rings. The highest BCUT2D eigenvalue weighted by molar-refractivity contribution is 7.93. The van der Waals surface area contributed by atoms with Gasteiger partial charge in [-0.1, -0.05) is 0 Å². The molecular weight excluding hydrogens is 202 g/mol. The van der Waals surface area contributed by atoms with Crippen molar-refractivity contribution in [2.45, 2.75) is 12.8 Å². The summed E-state index contributed by atoms with van der Waals surface area (Å²) in [6.07, 6.45) is 4.48. The summed E-state index contributed by atoms with van der Waals surface area (Å²) in [5.74, 6) is 0.822. The maximum Gasteiger partial charge on any atom is 0.238 e. The Hall–Kier alpha value is -0.810. The number of hydrogen-bond acceptors (Lipinski definition) is 3. The van der Waals surface area contributed by atoms with Crippen LogP contribution in [0.5, 0.6) is 0 Å². The molecule has 80 valence electrons. The van der Waals surface area contributed by atoms with E-state index >= 15 is 0 Å². The van der Waals surface area contributed by atoms with Crippen LogP contribution in [0.4, 0.5) is 0 Å². The molecule has 0 radical (unpaired) electrons. The van der Waals surface area contributed by atoms with E-state index in [-0.39, 0.29) is 0 Å². The van der Waals surface area contributed by atoms with E-state index in [1.807, 2.05) is 0 Å². The number of allylic oxidation sites excluding steroid dienone is 4. The summed E-state index contributed by atoms with van der Waals surface area (Å²) in [4.78, 5) is 0.448. The third-order valence-corrected chi connectivity index (χ3v) is 4.11. The van der Waals surface area contributed by atoms with Gasteiger partial charge in [0.25, 0.3) is 0 Å². The smallest absolute Gasteiger partial charge is 0.238 e. The number of ether oxygens (including phenoxy) is 1. The molecule has 0 aromatic heterocycles. The minimum atomic E-state index is -3.24. The van der Waals surface area contributed by atoms with Gasteiger partial charge >= 0.3 is 0 Å². The average molecular weight is 217 g/mol. The maximum atomic E-state index is 11.7. The summed E-state index contributed by atoms with van der Waals surface area (Å²) in [6.45, 7) is 0. The van der Waals surface area contributed by atoms with Crippen LogP contribution in [0, 0.1) is 0 Å². The first-order chi connectivity index (χ1) is 6.48. The molecule has 1 rings (SSSR count). The summed E-state index contributed by atoms with van der Waals surface area (Å²) in [5, 5.41) is 0. The number of methoxy groups -OCH3 is 1. The van der Waals surface area contributed by atoms with Crippen molar-refractivity contribution >= 4 is 10.0 Å². The van der Waals surface area contributed by atoms with Gasteiger partial charge in [0.1, 0.15) is 0 Å². The first kappa shape index (κ1) is 11.3. The molecule has 0 bridgehead atoms. The van der Waals surface area contributed by atoms with E-state index in [2.05, 4.69) is 0 Å². The monoisotopic (exact) mass is 217 g/mol. The average Bonchev–Trinajstić information content (AvgIpc) is 2.17. The Morgan fingerprint density at radius 1 is 1.29 bits per heavy atom. The second-order valence-electron chi connectivity index (χ2n) is 3.26. The lowest BCUT2D eigenvalue weighted by molar-refractivity contribution is 0.276. The van der Waals surface area contributed by atoms with Crippen molar-refractivity contribution in [3.63, 3.8) is 0 Å². The Balaban J connectivity index is 2.93. The summed E-state index contributed by atoms with van der Waals surface area (Å²) in [6, 6.07) is 0. The normalized spacial score (nSPS) is 17.7. The van der Waals surface area contributed by atoms with Gasteiger partial charge in [0.15, 0.2) is 0 Å². The zero-order valence-electron chi connectivity index (χ0n) is 8.65. The fourth-order valence-electron chi connectivity index (χ4n) is 1.22. The lowest BCUT2D eigenvalue weighted by Crippen LogP contribution is -2.24. The predicted octanol–water partition coefficient (Wildman–Crippen LogP) is 1.09. The molecule has 0 atom stereocenters. The second kappa shape index (κ2) is 4.14. The molecule has 4 nitrogen and oxygen atoms in total. The standard InChI is InChI=1S/C9H15NO3S/c1-10(2)14(11,12)9-6-4-8(13-3)5-7-9/h4,6H,5,7H2,1-3H3. The van der Waals surface area contributed by atoms with Crippen molar-refractivity contribution in [2.24, 2.45) is 0 Å². The Labute approximate surface area is 84.9 Å². The Morgan fingerprint density at radius 2 is 1.93 bits per heavy atom. The Kier molecular flexibility index (Phi) is 3.34. The third kappa shape index (κ3) is 2.16. The van der Waals surface area contributed by atoms with Crippen molar-refractivity contribution < 1.29 is 13.2 Å². The van der Waals surface area contributed by atoms with Crippen LogP contribution in [0.3, 0.4) is 0 Å². The fourth-order valence-corrected chi connectivity index (χ4v) is 2.29. The van der Waals surface area contributed by atoms with Gasteiger partial charge in [0.2, 0.25) is 10.0 Å². The maximum absolute atomic E-state index is 11.7. The van der Waals surface area contributed by atoms with E-state index in [0.717, 1.165) is 5.76 Å². The van der Waals surface area contributed by atoms with Gasteiger partial charge in [-0.2, -0.15) is 0 Å². The van der Waals surface area contributed by atoms with Gasteiger partial charge in [0.05, 0.1) is 17.8 Å². The van der Waals surface area contributed by atoms with Gasteiger partial charge in [0, 0.05) is 20.5 Å². The molecule has 0 fully saturated rings. The number of sulfonamides is 1. The van der Waals surface area contributed by atoms with Crippen LogP contribution in [0.15, 0.2) is 22.8 Å². The third-order valence-electron chi connectivity index (χ3n) is 2.15. The highest BCUT2D eigenvalue weighted by atomic mass is 32.2. The molecular formula is C9H15NO3S. The minimum absolute atomic E-state index is 0.448. The van der Waals surface area contributed by atoms with Crippen LogP contribution in [0.25, 0.3) is 0 Å². The van der Waals surface area contributed by atoms with Gasteiger partial charge in [-0.05, 0) is 18.6 Å². The number of nitrogens with zero attached hydrogens (tertiary/aromatic N) is 1. The summed E-state index contributed by atoms with van der Waals surface area (Å²) in [7, 11) is 1.42. The van der Waals surface area contributed by atoms with Crippen LogP contribution in [-0.4, -0.2) is 33.9 Å². The molecule has 0 aromatic carbocycles. The summed E-state index contributed by atoms with van der Waals surface area (Å²) in [5.41, 5.74) is 0. The van der Waals surface area contributed by atoms with Crippen molar-refractivity contribution in [3.05, 3.63) is 22.8 Å². The molecule has 5 heteroatoms. The molecule has 14 heavy (non-hydrogen) atoms.